The number of benzene rings is 2. The summed E-state index contributed by atoms with van der Waals surface area (Å²) in [5.41, 5.74) is 0.229. The molecule has 6 heteroatoms. The van der Waals surface area contributed by atoms with Crippen molar-refractivity contribution in [2.24, 2.45) is 0 Å². The molecule has 0 unspecified atom stereocenters. The van der Waals surface area contributed by atoms with E-state index in [1.54, 1.807) is 0 Å². The van der Waals surface area contributed by atoms with Gasteiger partial charge in [-0.15, -0.1) is 0 Å². The van der Waals surface area contributed by atoms with Gasteiger partial charge in [-0.1, -0.05) is 28.1 Å². The zero-order valence-corrected chi connectivity index (χ0v) is 13.4. The van der Waals surface area contributed by atoms with Gasteiger partial charge in [0, 0.05) is 11.0 Å². The molecule has 0 bridgehead atoms. The predicted octanol–water partition coefficient (Wildman–Crippen LogP) is 3.62. The van der Waals surface area contributed by atoms with Crippen molar-refractivity contribution < 1.29 is 13.6 Å². The molecule has 0 spiro atoms. The third-order valence-electron chi connectivity index (χ3n) is 3.31. The highest BCUT2D eigenvalue weighted by atomic mass is 79.9. The first-order valence-electron chi connectivity index (χ1n) is 6.79. The number of halogens is 2. The number of amides is 1. The monoisotopic (exact) mass is 375 g/mol. The SMILES string of the molecule is O=C(NCc1ccc(Br)cc1)c1cc2cc(F)ccc2c(=O)o1. The Labute approximate surface area is 139 Å². The van der Waals surface area contributed by atoms with Gasteiger partial charge in [-0.2, -0.15) is 0 Å². The lowest BCUT2D eigenvalue weighted by atomic mass is 10.1. The van der Waals surface area contributed by atoms with E-state index in [1.807, 2.05) is 24.3 Å². The van der Waals surface area contributed by atoms with E-state index in [0.29, 0.717) is 5.39 Å². The average Bonchev–Trinajstić information content (AvgIpc) is 2.53. The van der Waals surface area contributed by atoms with Crippen molar-refractivity contribution in [2.45, 2.75) is 6.54 Å². The van der Waals surface area contributed by atoms with Crippen molar-refractivity contribution in [1.82, 2.24) is 5.32 Å². The second kappa shape index (κ2) is 6.34. The Morgan fingerprint density at radius 2 is 1.87 bits per heavy atom. The van der Waals surface area contributed by atoms with Crippen molar-refractivity contribution in [3.05, 3.63) is 80.6 Å². The molecule has 116 valence electrons. The summed E-state index contributed by atoms with van der Waals surface area (Å²) in [6, 6.07) is 12.5. The highest BCUT2D eigenvalue weighted by molar-refractivity contribution is 9.10. The van der Waals surface area contributed by atoms with Crippen molar-refractivity contribution >= 4 is 32.6 Å². The summed E-state index contributed by atoms with van der Waals surface area (Å²) in [5, 5.41) is 3.22. The molecule has 1 N–H and O–H groups in total. The van der Waals surface area contributed by atoms with Gasteiger partial charge in [0.1, 0.15) is 5.82 Å². The molecule has 4 nitrogen and oxygen atoms in total. The molecule has 1 aromatic heterocycles. The van der Waals surface area contributed by atoms with Crippen molar-refractivity contribution in [3.63, 3.8) is 0 Å². The zero-order valence-electron chi connectivity index (χ0n) is 11.8. The van der Waals surface area contributed by atoms with Crippen LogP contribution in [0.2, 0.25) is 0 Å². The fourth-order valence-corrected chi connectivity index (χ4v) is 2.41. The molecule has 0 fully saturated rings. The normalized spacial score (nSPS) is 10.7. The van der Waals surface area contributed by atoms with E-state index in [0.717, 1.165) is 10.0 Å². The molecule has 1 amide bonds. The van der Waals surface area contributed by atoms with Crippen LogP contribution in [0.3, 0.4) is 0 Å². The lowest BCUT2D eigenvalue weighted by molar-refractivity contribution is 0.0919. The van der Waals surface area contributed by atoms with E-state index >= 15 is 0 Å². The third kappa shape index (κ3) is 3.48. The Hall–Kier alpha value is -2.47. The highest BCUT2D eigenvalue weighted by Crippen LogP contribution is 2.14. The average molecular weight is 376 g/mol. The van der Waals surface area contributed by atoms with Gasteiger partial charge in [0.05, 0.1) is 5.39 Å². The number of fused-ring (bicyclic) bond motifs is 1. The molecular formula is C17H11BrFNO3. The molecule has 1 heterocycles. The summed E-state index contributed by atoms with van der Waals surface area (Å²) in [5.74, 6) is -1.16. The molecule has 0 saturated heterocycles. The highest BCUT2D eigenvalue weighted by Gasteiger charge is 2.12. The van der Waals surface area contributed by atoms with Gasteiger partial charge in [0.25, 0.3) is 5.91 Å². The van der Waals surface area contributed by atoms with E-state index < -0.39 is 17.3 Å². The molecule has 3 rings (SSSR count). The van der Waals surface area contributed by atoms with Crippen LogP contribution in [0, 0.1) is 5.82 Å². The fourth-order valence-electron chi connectivity index (χ4n) is 2.15. The Kier molecular flexibility index (Phi) is 4.25. The van der Waals surface area contributed by atoms with Crippen molar-refractivity contribution in [2.75, 3.05) is 0 Å². The molecule has 0 saturated carbocycles. The summed E-state index contributed by atoms with van der Waals surface area (Å²) in [7, 11) is 0. The lowest BCUT2D eigenvalue weighted by Crippen LogP contribution is -2.24. The van der Waals surface area contributed by atoms with Crippen molar-refractivity contribution in [1.29, 1.82) is 0 Å². The second-order valence-electron chi connectivity index (χ2n) is 4.94. The van der Waals surface area contributed by atoms with Crippen molar-refractivity contribution in [3.8, 4) is 0 Å². The molecule has 23 heavy (non-hydrogen) atoms. The first-order chi connectivity index (χ1) is 11.0. The van der Waals surface area contributed by atoms with Crippen LogP contribution >= 0.6 is 15.9 Å². The quantitative estimate of drug-likeness (QED) is 0.760. The number of hydrogen-bond acceptors (Lipinski definition) is 3. The summed E-state index contributed by atoms with van der Waals surface area (Å²) >= 11 is 3.33. The lowest BCUT2D eigenvalue weighted by Gasteiger charge is -2.05. The van der Waals surface area contributed by atoms with E-state index in [4.69, 9.17) is 4.42 Å². The summed E-state index contributed by atoms with van der Waals surface area (Å²) in [6.45, 7) is 0.289. The topological polar surface area (TPSA) is 59.3 Å². The molecule has 2 aromatic carbocycles. The first-order valence-corrected chi connectivity index (χ1v) is 7.58. The Morgan fingerprint density at radius 3 is 2.61 bits per heavy atom. The standard InChI is InChI=1S/C17H11BrFNO3/c18-12-3-1-10(2-4-12)9-20-16(21)15-8-11-7-13(19)5-6-14(11)17(22)23-15/h1-8H,9H2,(H,20,21). The van der Waals surface area contributed by atoms with Gasteiger partial charge in [0.15, 0.2) is 5.76 Å². The van der Waals surface area contributed by atoms with E-state index in [9.17, 15) is 14.0 Å². The predicted molar refractivity (Wildman–Crippen MR) is 87.8 cm³/mol. The number of carbonyl (C=O) groups is 1. The largest absolute Gasteiger partial charge is 0.417 e. The van der Waals surface area contributed by atoms with Gasteiger partial charge in [-0.25, -0.2) is 9.18 Å². The molecule has 0 radical (unpaired) electrons. The molecule has 0 atom stereocenters. The minimum Gasteiger partial charge on any atom is -0.417 e. The summed E-state index contributed by atoms with van der Waals surface area (Å²) in [6.07, 6.45) is 0. The van der Waals surface area contributed by atoms with Crippen LogP contribution in [0.15, 0.2) is 62.2 Å². The van der Waals surface area contributed by atoms with E-state index in [2.05, 4.69) is 21.2 Å². The number of carbonyl (C=O) groups excluding carboxylic acids is 1. The number of hydrogen-bond donors (Lipinski definition) is 1. The Balaban J connectivity index is 1.83. The molecule has 0 aliphatic carbocycles. The fraction of sp³-hybridized carbons (Fsp3) is 0.0588. The van der Waals surface area contributed by atoms with Crippen LogP contribution < -0.4 is 10.9 Å². The van der Waals surface area contributed by atoms with Gasteiger partial charge >= 0.3 is 5.63 Å². The molecule has 0 aliphatic rings. The number of nitrogens with one attached hydrogen (secondary N) is 1. The zero-order chi connectivity index (χ0) is 16.4. The van der Waals surface area contributed by atoms with Crippen LogP contribution in [-0.4, -0.2) is 5.91 Å². The van der Waals surface area contributed by atoms with Gasteiger partial charge < -0.3 is 9.73 Å². The maximum Gasteiger partial charge on any atom is 0.344 e. The minimum absolute atomic E-state index is 0.148. The first kappa shape index (κ1) is 15.4. The van der Waals surface area contributed by atoms with Gasteiger partial charge in [-0.3, -0.25) is 4.79 Å². The summed E-state index contributed by atoms with van der Waals surface area (Å²) in [4.78, 5) is 24.0. The van der Waals surface area contributed by atoms with E-state index in [1.165, 1.54) is 24.3 Å². The molecule has 0 aliphatic heterocycles. The van der Waals surface area contributed by atoms with Crippen LogP contribution in [0.1, 0.15) is 16.1 Å². The van der Waals surface area contributed by atoms with Crippen LogP contribution in [0.4, 0.5) is 4.39 Å². The van der Waals surface area contributed by atoms with Crippen LogP contribution in [0.25, 0.3) is 10.8 Å². The second-order valence-corrected chi connectivity index (χ2v) is 5.85. The summed E-state index contributed by atoms with van der Waals surface area (Å²) < 4.78 is 19.2. The van der Waals surface area contributed by atoms with Gasteiger partial charge in [0.2, 0.25) is 0 Å². The Morgan fingerprint density at radius 1 is 1.13 bits per heavy atom. The number of rotatable bonds is 3. The maximum atomic E-state index is 13.3. The molecular weight excluding hydrogens is 365 g/mol. The van der Waals surface area contributed by atoms with Crippen LogP contribution in [-0.2, 0) is 6.54 Å². The van der Waals surface area contributed by atoms with Crippen LogP contribution in [0.5, 0.6) is 0 Å². The van der Waals surface area contributed by atoms with E-state index in [-0.39, 0.29) is 17.7 Å². The Bertz CT molecular complexity index is 935. The smallest absolute Gasteiger partial charge is 0.344 e. The minimum atomic E-state index is -0.670. The van der Waals surface area contributed by atoms with Gasteiger partial charge in [-0.05, 0) is 47.3 Å². The third-order valence-corrected chi connectivity index (χ3v) is 3.84. The molecule has 3 aromatic rings. The maximum absolute atomic E-state index is 13.3.